The first-order valence-electron chi connectivity index (χ1n) is 9.99. The summed E-state index contributed by atoms with van der Waals surface area (Å²) in [6.45, 7) is 14.8. The zero-order valence-electron chi connectivity index (χ0n) is 17.0. The Morgan fingerprint density at radius 3 is 2.56 bits per heavy atom. The minimum absolute atomic E-state index is 0.411. The van der Waals surface area contributed by atoms with E-state index in [1.807, 2.05) is 13.8 Å². The first kappa shape index (κ1) is 20.0. The van der Waals surface area contributed by atoms with Crippen molar-refractivity contribution in [2.75, 3.05) is 13.1 Å². The number of allylic oxidation sites excluding steroid dienone is 5. The quantitative estimate of drug-likeness (QED) is 0.543. The molecule has 0 unspecified atom stereocenters. The van der Waals surface area contributed by atoms with Crippen LogP contribution in [0.2, 0.25) is 0 Å². The van der Waals surface area contributed by atoms with Crippen molar-refractivity contribution in [3.05, 3.63) is 64.4 Å². The van der Waals surface area contributed by atoms with Crippen LogP contribution in [0, 0.1) is 0 Å². The fourth-order valence-electron chi connectivity index (χ4n) is 4.16. The summed E-state index contributed by atoms with van der Waals surface area (Å²) >= 11 is 6.26. The molecule has 2 aromatic rings. The molecule has 0 spiro atoms. The van der Waals surface area contributed by atoms with E-state index >= 15 is 0 Å². The van der Waals surface area contributed by atoms with E-state index < -0.39 is 0 Å². The van der Waals surface area contributed by atoms with Crippen molar-refractivity contribution in [1.82, 2.24) is 10.3 Å². The van der Waals surface area contributed by atoms with Crippen LogP contribution in [-0.2, 0) is 0 Å². The predicted molar refractivity (Wildman–Crippen MR) is 120 cm³/mol. The molecule has 1 aromatic carbocycles. The summed E-state index contributed by atoms with van der Waals surface area (Å²) in [4.78, 5) is 3.68. The summed E-state index contributed by atoms with van der Waals surface area (Å²) in [6, 6.07) is 6.97. The van der Waals surface area contributed by atoms with Gasteiger partial charge in [-0.1, -0.05) is 50.2 Å². The fourth-order valence-corrected chi connectivity index (χ4v) is 4.26. The Bertz CT molecular complexity index is 892. The van der Waals surface area contributed by atoms with Crippen molar-refractivity contribution in [3.63, 3.8) is 0 Å². The summed E-state index contributed by atoms with van der Waals surface area (Å²) in [7, 11) is 0. The third kappa shape index (κ3) is 4.07. The molecule has 27 heavy (non-hydrogen) atoms. The van der Waals surface area contributed by atoms with Crippen LogP contribution < -0.4 is 5.32 Å². The normalized spacial score (nSPS) is 17.1. The van der Waals surface area contributed by atoms with Crippen LogP contribution in [0.3, 0.4) is 0 Å². The number of aromatic amines is 1. The number of rotatable bonds is 5. The molecule has 3 heteroatoms. The maximum Gasteiger partial charge on any atom is 0.0503 e. The van der Waals surface area contributed by atoms with Gasteiger partial charge in [0.2, 0.25) is 0 Å². The number of nitrogens with one attached hydrogen (secondary N) is 2. The molecule has 1 aromatic heterocycles. The minimum atomic E-state index is 0.411. The van der Waals surface area contributed by atoms with Gasteiger partial charge in [0.05, 0.1) is 5.69 Å². The molecule has 0 atom stereocenters. The lowest BCUT2D eigenvalue weighted by molar-refractivity contribution is 0.460. The van der Waals surface area contributed by atoms with E-state index in [-0.39, 0.29) is 0 Å². The molecule has 1 aliphatic heterocycles. The summed E-state index contributed by atoms with van der Waals surface area (Å²) in [5.74, 6) is 1.07. The van der Waals surface area contributed by atoms with Crippen LogP contribution in [0.25, 0.3) is 16.5 Å². The molecular weight excluding hydrogens is 352 g/mol. The first-order chi connectivity index (χ1) is 12.9. The van der Waals surface area contributed by atoms with Crippen molar-refractivity contribution in [2.24, 2.45) is 0 Å². The van der Waals surface area contributed by atoms with E-state index in [1.165, 1.54) is 40.6 Å². The van der Waals surface area contributed by atoms with Gasteiger partial charge < -0.3 is 10.3 Å². The van der Waals surface area contributed by atoms with E-state index in [9.17, 15) is 0 Å². The molecule has 1 aliphatic rings. The third-order valence-corrected chi connectivity index (χ3v) is 5.95. The summed E-state index contributed by atoms with van der Waals surface area (Å²) < 4.78 is 0. The lowest BCUT2D eigenvalue weighted by atomic mass is 9.88. The first-order valence-corrected chi connectivity index (χ1v) is 10.4. The van der Waals surface area contributed by atoms with Crippen LogP contribution >= 0.6 is 11.6 Å². The summed E-state index contributed by atoms with van der Waals surface area (Å²) in [5, 5.41) is 5.40. The molecule has 0 aliphatic carbocycles. The number of benzene rings is 1. The second kappa shape index (κ2) is 8.50. The van der Waals surface area contributed by atoms with Crippen molar-refractivity contribution in [1.29, 1.82) is 0 Å². The molecule has 0 bridgehead atoms. The largest absolute Gasteiger partial charge is 0.354 e. The zero-order valence-corrected chi connectivity index (χ0v) is 17.7. The van der Waals surface area contributed by atoms with Crippen LogP contribution in [0.5, 0.6) is 0 Å². The number of fused-ring (bicyclic) bond motifs is 1. The van der Waals surface area contributed by atoms with Crippen LogP contribution in [0.4, 0.5) is 0 Å². The Morgan fingerprint density at radius 2 is 1.96 bits per heavy atom. The highest BCUT2D eigenvalue weighted by atomic mass is 35.5. The Morgan fingerprint density at radius 1 is 1.26 bits per heavy atom. The van der Waals surface area contributed by atoms with E-state index in [1.54, 1.807) is 0 Å². The molecule has 0 amide bonds. The second-order valence-corrected chi connectivity index (χ2v) is 8.30. The molecule has 0 radical (unpaired) electrons. The lowest BCUT2D eigenvalue weighted by Crippen LogP contribution is -2.26. The average molecular weight is 383 g/mol. The Hall–Kier alpha value is -1.77. The van der Waals surface area contributed by atoms with Gasteiger partial charge in [-0.2, -0.15) is 0 Å². The van der Waals surface area contributed by atoms with Crippen molar-refractivity contribution >= 4 is 28.1 Å². The van der Waals surface area contributed by atoms with Crippen molar-refractivity contribution in [2.45, 2.75) is 52.4 Å². The summed E-state index contributed by atoms with van der Waals surface area (Å²) in [5.41, 5.74) is 7.33. The predicted octanol–water partition coefficient (Wildman–Crippen LogP) is 6.86. The second-order valence-electron chi connectivity index (χ2n) is 7.84. The van der Waals surface area contributed by atoms with E-state index in [4.69, 9.17) is 11.6 Å². The third-order valence-electron chi connectivity index (χ3n) is 5.66. The maximum absolute atomic E-state index is 6.26. The highest BCUT2D eigenvalue weighted by Gasteiger charge is 2.21. The molecule has 2 nitrogen and oxygen atoms in total. The molecule has 0 saturated carbocycles. The molecule has 1 fully saturated rings. The average Bonchev–Trinajstić information content (AvgIpc) is 3.04. The summed E-state index contributed by atoms with van der Waals surface area (Å²) in [6.07, 6.45) is 6.63. The van der Waals surface area contributed by atoms with E-state index in [2.05, 4.69) is 61.1 Å². The van der Waals surface area contributed by atoms with Gasteiger partial charge in [-0.25, -0.2) is 0 Å². The highest BCUT2D eigenvalue weighted by Crippen LogP contribution is 2.38. The molecule has 144 valence electrons. The number of aromatic nitrogens is 1. The smallest absolute Gasteiger partial charge is 0.0503 e. The van der Waals surface area contributed by atoms with Crippen LogP contribution in [0.1, 0.15) is 69.2 Å². The number of H-pyrrole nitrogens is 1. The number of halogens is 1. The fraction of sp³-hybridized carbons (Fsp3) is 0.417. The van der Waals surface area contributed by atoms with Gasteiger partial charge in [0.1, 0.15) is 0 Å². The number of hydrogen-bond donors (Lipinski definition) is 2. The maximum atomic E-state index is 6.26. The van der Waals surface area contributed by atoms with Gasteiger partial charge >= 0.3 is 0 Å². The van der Waals surface area contributed by atoms with Gasteiger partial charge in [-0.05, 0) is 80.4 Å². The molecule has 2 N–H and O–H groups in total. The van der Waals surface area contributed by atoms with Gasteiger partial charge in [0, 0.05) is 21.5 Å². The number of piperidine rings is 1. The SMILES string of the molecule is C=C(Cl)/C(C)=C(\C=C/C)c1[nH]c2ccc(C3CCNCC3)cc2c1C(C)C. The highest BCUT2D eigenvalue weighted by molar-refractivity contribution is 6.32. The Kier molecular flexibility index (Phi) is 6.29. The number of hydrogen-bond acceptors (Lipinski definition) is 1. The van der Waals surface area contributed by atoms with Gasteiger partial charge in [-0.3, -0.25) is 0 Å². The standard InChI is InChI=1S/C24H31ClN2/c1-6-7-20(16(4)17(5)25)24-23(15(2)3)21-14-19(8-9-22(21)27-24)18-10-12-26-13-11-18/h6-9,14-15,18,26-27H,5,10-13H2,1-4H3/b7-6-,20-16+. The minimum Gasteiger partial charge on any atom is -0.354 e. The molecule has 1 saturated heterocycles. The Balaban J connectivity index is 2.20. The monoisotopic (exact) mass is 382 g/mol. The molecule has 3 rings (SSSR count). The molecular formula is C24H31ClN2. The van der Waals surface area contributed by atoms with Gasteiger partial charge in [0.15, 0.2) is 0 Å². The van der Waals surface area contributed by atoms with Gasteiger partial charge in [-0.15, -0.1) is 0 Å². The van der Waals surface area contributed by atoms with E-state index in [0.29, 0.717) is 16.9 Å². The van der Waals surface area contributed by atoms with Gasteiger partial charge in [0.25, 0.3) is 0 Å². The Labute approximate surface area is 168 Å². The van der Waals surface area contributed by atoms with E-state index in [0.717, 1.165) is 24.2 Å². The van der Waals surface area contributed by atoms with Crippen LogP contribution in [0.15, 0.2) is 47.5 Å². The molecule has 2 heterocycles. The zero-order chi connectivity index (χ0) is 19.6. The van der Waals surface area contributed by atoms with Crippen LogP contribution in [-0.4, -0.2) is 18.1 Å². The topological polar surface area (TPSA) is 27.8 Å². The van der Waals surface area contributed by atoms with Crippen molar-refractivity contribution < 1.29 is 0 Å². The lowest BCUT2D eigenvalue weighted by Gasteiger charge is -2.23. The van der Waals surface area contributed by atoms with Crippen molar-refractivity contribution in [3.8, 4) is 0 Å².